The van der Waals surface area contributed by atoms with Crippen LogP contribution in [0.2, 0.25) is 0 Å². The van der Waals surface area contributed by atoms with Crippen LogP contribution in [0.1, 0.15) is 26.5 Å². The Kier molecular flexibility index (Phi) is 2.82. The van der Waals surface area contributed by atoms with E-state index < -0.39 is 0 Å². The number of fused-ring (bicyclic) bond motifs is 1. The molecule has 0 aliphatic heterocycles. The smallest absolute Gasteiger partial charge is 0.179 e. The summed E-state index contributed by atoms with van der Waals surface area (Å²) in [6.07, 6.45) is 0. The van der Waals surface area contributed by atoms with Gasteiger partial charge in [-0.1, -0.05) is 39.0 Å². The van der Waals surface area contributed by atoms with Crippen molar-refractivity contribution in [2.75, 3.05) is 0 Å². The van der Waals surface area contributed by atoms with E-state index in [0.717, 1.165) is 22.3 Å². The highest BCUT2D eigenvalue weighted by Gasteiger charge is 2.21. The van der Waals surface area contributed by atoms with Crippen LogP contribution in [0.15, 0.2) is 35.2 Å². The summed E-state index contributed by atoms with van der Waals surface area (Å²) in [7, 11) is 0. The lowest BCUT2D eigenvalue weighted by Crippen LogP contribution is -2.15. The maximum absolute atomic E-state index is 4.75. The topological polar surface area (TPSA) is 38.7 Å². The molecule has 3 aromatic rings. The maximum atomic E-state index is 4.75. The summed E-state index contributed by atoms with van der Waals surface area (Å²) in [4.78, 5) is 13.7. The molecular weight excluding hydrogens is 254 g/mol. The van der Waals surface area contributed by atoms with Gasteiger partial charge in [0.2, 0.25) is 0 Å². The molecule has 19 heavy (non-hydrogen) atoms. The number of rotatable bonds is 1. The van der Waals surface area contributed by atoms with E-state index in [9.17, 15) is 0 Å². The molecular formula is C15H15N3S. The zero-order valence-corrected chi connectivity index (χ0v) is 12.0. The van der Waals surface area contributed by atoms with E-state index in [1.807, 2.05) is 29.1 Å². The van der Waals surface area contributed by atoms with E-state index in [1.165, 1.54) is 0 Å². The van der Waals surface area contributed by atoms with Crippen molar-refractivity contribution in [3.8, 4) is 11.5 Å². The van der Waals surface area contributed by atoms with Gasteiger partial charge in [0.05, 0.1) is 16.7 Å². The molecule has 2 heterocycles. The number of benzene rings is 1. The van der Waals surface area contributed by atoms with Crippen molar-refractivity contribution in [2.24, 2.45) is 0 Å². The Balaban J connectivity index is 2.33. The summed E-state index contributed by atoms with van der Waals surface area (Å²) in [5.41, 5.74) is 4.69. The van der Waals surface area contributed by atoms with Crippen LogP contribution in [-0.4, -0.2) is 15.0 Å². The highest BCUT2D eigenvalue weighted by molar-refractivity contribution is 7.07. The van der Waals surface area contributed by atoms with Gasteiger partial charge in [-0.25, -0.2) is 15.0 Å². The number of hydrogen-bond donors (Lipinski definition) is 0. The molecule has 0 fully saturated rings. The molecule has 0 spiro atoms. The fraction of sp³-hybridized carbons (Fsp3) is 0.267. The molecule has 0 atom stereocenters. The third kappa shape index (κ3) is 2.24. The second kappa shape index (κ2) is 4.38. The summed E-state index contributed by atoms with van der Waals surface area (Å²) < 4.78 is 0. The van der Waals surface area contributed by atoms with Gasteiger partial charge >= 0.3 is 0 Å². The molecule has 0 aliphatic rings. The molecule has 4 heteroatoms. The highest BCUT2D eigenvalue weighted by Crippen LogP contribution is 2.29. The third-order valence-corrected chi connectivity index (χ3v) is 3.56. The predicted octanol–water partition coefficient (Wildman–Crippen LogP) is 4.05. The molecule has 0 radical (unpaired) electrons. The molecule has 0 N–H and O–H groups in total. The van der Waals surface area contributed by atoms with Crippen molar-refractivity contribution >= 4 is 22.2 Å². The van der Waals surface area contributed by atoms with Crippen LogP contribution in [0, 0.1) is 0 Å². The van der Waals surface area contributed by atoms with Gasteiger partial charge < -0.3 is 0 Å². The largest absolute Gasteiger partial charge is 0.241 e. The number of aromatic nitrogens is 3. The van der Waals surface area contributed by atoms with Crippen molar-refractivity contribution < 1.29 is 0 Å². The van der Waals surface area contributed by atoms with Gasteiger partial charge in [0, 0.05) is 16.2 Å². The minimum atomic E-state index is -0.0205. The molecule has 0 saturated heterocycles. The Morgan fingerprint density at radius 1 is 1.05 bits per heavy atom. The Morgan fingerprint density at radius 3 is 2.53 bits per heavy atom. The first-order chi connectivity index (χ1) is 9.05. The van der Waals surface area contributed by atoms with Crippen LogP contribution in [0.5, 0.6) is 0 Å². The van der Waals surface area contributed by atoms with Gasteiger partial charge in [-0.2, -0.15) is 0 Å². The Bertz CT molecular complexity index is 712. The summed E-state index contributed by atoms with van der Waals surface area (Å²) in [5, 5.41) is 3.10. The van der Waals surface area contributed by atoms with E-state index >= 15 is 0 Å². The van der Waals surface area contributed by atoms with Crippen LogP contribution >= 0.6 is 11.3 Å². The first kappa shape index (κ1) is 12.2. The van der Waals surface area contributed by atoms with E-state index in [-0.39, 0.29) is 5.41 Å². The zero-order valence-electron chi connectivity index (χ0n) is 11.2. The van der Waals surface area contributed by atoms with Crippen molar-refractivity contribution in [1.82, 2.24) is 15.0 Å². The van der Waals surface area contributed by atoms with Gasteiger partial charge in [0.25, 0.3) is 0 Å². The molecule has 0 amide bonds. The van der Waals surface area contributed by atoms with Crippen molar-refractivity contribution in [3.63, 3.8) is 0 Å². The van der Waals surface area contributed by atoms with Crippen LogP contribution in [-0.2, 0) is 5.41 Å². The van der Waals surface area contributed by atoms with Gasteiger partial charge in [0.15, 0.2) is 5.82 Å². The van der Waals surface area contributed by atoms with E-state index in [0.29, 0.717) is 5.82 Å². The van der Waals surface area contributed by atoms with E-state index in [1.54, 1.807) is 11.3 Å². The van der Waals surface area contributed by atoms with Gasteiger partial charge in [-0.15, -0.1) is 11.3 Å². The van der Waals surface area contributed by atoms with Gasteiger partial charge in [0.1, 0.15) is 5.69 Å². The van der Waals surface area contributed by atoms with Crippen molar-refractivity contribution in [2.45, 2.75) is 26.2 Å². The molecule has 0 bridgehead atoms. The van der Waals surface area contributed by atoms with Crippen LogP contribution < -0.4 is 0 Å². The quantitative estimate of drug-likeness (QED) is 0.669. The Morgan fingerprint density at radius 2 is 1.84 bits per heavy atom. The summed E-state index contributed by atoms with van der Waals surface area (Å²) in [6.45, 7) is 6.52. The number of nitrogens with zero attached hydrogens (tertiary/aromatic N) is 3. The molecule has 2 aromatic heterocycles. The molecule has 0 unspecified atom stereocenters. The fourth-order valence-corrected chi connectivity index (χ4v) is 2.62. The monoisotopic (exact) mass is 269 g/mol. The summed E-state index contributed by atoms with van der Waals surface area (Å²) >= 11 is 1.56. The third-order valence-electron chi connectivity index (χ3n) is 2.98. The minimum absolute atomic E-state index is 0.0205. The van der Waals surface area contributed by atoms with Crippen LogP contribution in [0.3, 0.4) is 0 Å². The number of thiazole rings is 1. The number of para-hydroxylation sites is 1. The second-order valence-corrected chi connectivity index (χ2v) is 6.26. The minimum Gasteiger partial charge on any atom is -0.241 e. The van der Waals surface area contributed by atoms with Crippen LogP contribution in [0.25, 0.3) is 22.4 Å². The predicted molar refractivity (Wildman–Crippen MR) is 79.3 cm³/mol. The summed E-state index contributed by atoms with van der Waals surface area (Å²) in [5.74, 6) is 0.713. The molecule has 0 aliphatic carbocycles. The second-order valence-electron chi connectivity index (χ2n) is 5.54. The average molecular weight is 269 g/mol. The first-order valence-corrected chi connectivity index (χ1v) is 7.16. The molecule has 96 valence electrons. The highest BCUT2D eigenvalue weighted by atomic mass is 32.1. The SMILES string of the molecule is CC(C)(C)c1nc(-c2cscn2)nc2ccccc12. The zero-order chi connectivity index (χ0) is 13.5. The van der Waals surface area contributed by atoms with Crippen molar-refractivity contribution in [1.29, 1.82) is 0 Å². The number of hydrogen-bond acceptors (Lipinski definition) is 4. The Hall–Kier alpha value is -1.81. The van der Waals surface area contributed by atoms with Gasteiger partial charge in [-0.3, -0.25) is 0 Å². The first-order valence-electron chi connectivity index (χ1n) is 6.21. The standard InChI is InChI=1S/C15H15N3S/c1-15(2,3)13-10-6-4-5-7-11(10)17-14(18-13)12-8-19-9-16-12/h4-9H,1-3H3. The normalized spacial score (nSPS) is 11.9. The lowest BCUT2D eigenvalue weighted by Gasteiger charge is -2.20. The van der Waals surface area contributed by atoms with E-state index in [2.05, 4.69) is 36.8 Å². The lowest BCUT2D eigenvalue weighted by atomic mass is 9.89. The molecule has 1 aromatic carbocycles. The molecule has 3 nitrogen and oxygen atoms in total. The molecule has 0 saturated carbocycles. The van der Waals surface area contributed by atoms with Crippen LogP contribution in [0.4, 0.5) is 0 Å². The Labute approximate surface area is 116 Å². The maximum Gasteiger partial charge on any atom is 0.179 e. The summed E-state index contributed by atoms with van der Waals surface area (Å²) in [6, 6.07) is 8.15. The van der Waals surface area contributed by atoms with E-state index in [4.69, 9.17) is 4.98 Å². The molecule has 3 rings (SSSR count). The van der Waals surface area contributed by atoms with Gasteiger partial charge in [-0.05, 0) is 6.07 Å². The lowest BCUT2D eigenvalue weighted by molar-refractivity contribution is 0.575. The van der Waals surface area contributed by atoms with Crippen molar-refractivity contribution in [3.05, 3.63) is 40.8 Å². The average Bonchev–Trinajstić information content (AvgIpc) is 2.90. The fourth-order valence-electron chi connectivity index (χ4n) is 2.09.